The number of hydrogen-bond donors (Lipinski definition) is 0. The van der Waals surface area contributed by atoms with Crippen molar-refractivity contribution in [3.8, 4) is 0 Å². The van der Waals surface area contributed by atoms with E-state index in [-0.39, 0.29) is 18.4 Å². The second kappa shape index (κ2) is 7.39. The predicted octanol–water partition coefficient (Wildman–Crippen LogP) is 2.31. The molecular weight excluding hydrogens is 308 g/mol. The van der Waals surface area contributed by atoms with Gasteiger partial charge in [0.25, 0.3) is 0 Å². The quantitative estimate of drug-likeness (QED) is 0.803. The summed E-state index contributed by atoms with van der Waals surface area (Å²) in [4.78, 5) is 28.0. The number of amides is 2. The molecular formula is C18H24N2O2S. The summed E-state index contributed by atoms with van der Waals surface area (Å²) in [6.07, 6.45) is 2.63. The zero-order chi connectivity index (χ0) is 16.2. The minimum Gasteiger partial charge on any atom is -0.335 e. The Morgan fingerprint density at radius 3 is 2.61 bits per heavy atom. The number of hydrogen-bond acceptors (Lipinski definition) is 3. The fourth-order valence-electron chi connectivity index (χ4n) is 2.69. The lowest BCUT2D eigenvalue weighted by Gasteiger charge is -2.34. The number of rotatable bonds is 6. The summed E-state index contributed by atoms with van der Waals surface area (Å²) in [6, 6.07) is 8.26. The van der Waals surface area contributed by atoms with Crippen LogP contribution in [-0.2, 0) is 16.1 Å². The van der Waals surface area contributed by atoms with Crippen molar-refractivity contribution in [3.05, 3.63) is 35.4 Å². The lowest BCUT2D eigenvalue weighted by molar-refractivity contribution is -0.144. The number of benzene rings is 1. The maximum absolute atomic E-state index is 12.3. The van der Waals surface area contributed by atoms with Crippen molar-refractivity contribution < 1.29 is 9.59 Å². The summed E-state index contributed by atoms with van der Waals surface area (Å²) in [5.41, 5.74) is 2.36. The molecule has 0 spiro atoms. The summed E-state index contributed by atoms with van der Waals surface area (Å²) in [5.74, 6) is 2.60. The molecule has 0 unspecified atom stereocenters. The van der Waals surface area contributed by atoms with Gasteiger partial charge in [-0.2, -0.15) is 11.8 Å². The van der Waals surface area contributed by atoms with Gasteiger partial charge in [-0.25, -0.2) is 0 Å². The predicted molar refractivity (Wildman–Crippen MR) is 93.2 cm³/mol. The number of aryl methyl sites for hydroxylation is 1. The Balaban J connectivity index is 1.45. The van der Waals surface area contributed by atoms with E-state index in [9.17, 15) is 9.59 Å². The summed E-state index contributed by atoms with van der Waals surface area (Å²) >= 11 is 1.72. The van der Waals surface area contributed by atoms with E-state index in [0.29, 0.717) is 25.4 Å². The first-order chi connectivity index (χ1) is 11.1. The summed E-state index contributed by atoms with van der Waals surface area (Å²) < 4.78 is 0. The van der Waals surface area contributed by atoms with Crippen molar-refractivity contribution in [1.82, 2.24) is 9.80 Å². The van der Waals surface area contributed by atoms with Gasteiger partial charge in [-0.05, 0) is 37.0 Å². The summed E-state index contributed by atoms with van der Waals surface area (Å²) in [7, 11) is 0. The van der Waals surface area contributed by atoms with Crippen LogP contribution in [0, 0.1) is 12.8 Å². The van der Waals surface area contributed by atoms with E-state index in [2.05, 4.69) is 31.2 Å². The number of carbonyl (C=O) groups excluding carboxylic acids is 2. The molecule has 0 aromatic heterocycles. The van der Waals surface area contributed by atoms with Gasteiger partial charge in [0.05, 0.1) is 12.3 Å². The Morgan fingerprint density at radius 2 is 1.96 bits per heavy atom. The first-order valence-corrected chi connectivity index (χ1v) is 9.46. The second-order valence-electron chi connectivity index (χ2n) is 6.57. The SMILES string of the molecule is Cc1ccc(CN2CCN(C(=O)CSCC3CC3)CC2=O)cc1. The highest BCUT2D eigenvalue weighted by Gasteiger charge is 2.27. The van der Waals surface area contributed by atoms with Crippen molar-refractivity contribution in [1.29, 1.82) is 0 Å². The third kappa shape index (κ3) is 4.74. The highest BCUT2D eigenvalue weighted by atomic mass is 32.2. The van der Waals surface area contributed by atoms with E-state index in [4.69, 9.17) is 0 Å². The molecule has 5 heteroatoms. The van der Waals surface area contributed by atoms with Crippen LogP contribution in [0.3, 0.4) is 0 Å². The van der Waals surface area contributed by atoms with E-state index < -0.39 is 0 Å². The van der Waals surface area contributed by atoms with Crippen molar-refractivity contribution in [2.75, 3.05) is 31.1 Å². The largest absolute Gasteiger partial charge is 0.335 e. The lowest BCUT2D eigenvalue weighted by Crippen LogP contribution is -2.52. The average molecular weight is 332 g/mol. The molecule has 0 atom stereocenters. The fraction of sp³-hybridized carbons (Fsp3) is 0.556. The van der Waals surface area contributed by atoms with Gasteiger partial charge in [0.15, 0.2) is 0 Å². The Hall–Kier alpha value is -1.49. The van der Waals surface area contributed by atoms with Gasteiger partial charge in [0.2, 0.25) is 11.8 Å². The third-order valence-corrected chi connectivity index (χ3v) is 5.60. The summed E-state index contributed by atoms with van der Waals surface area (Å²) in [5, 5.41) is 0. The molecule has 1 aliphatic heterocycles. The molecule has 0 radical (unpaired) electrons. The molecule has 0 bridgehead atoms. The first-order valence-electron chi connectivity index (χ1n) is 8.30. The van der Waals surface area contributed by atoms with Crippen LogP contribution >= 0.6 is 11.8 Å². The van der Waals surface area contributed by atoms with Crippen LogP contribution in [0.2, 0.25) is 0 Å². The standard InChI is InChI=1S/C18H24N2O2S/c1-14-2-4-15(5-3-14)10-19-8-9-20(11-17(19)21)18(22)13-23-12-16-6-7-16/h2-5,16H,6-13H2,1H3. The van der Waals surface area contributed by atoms with E-state index in [1.54, 1.807) is 16.7 Å². The third-order valence-electron chi connectivity index (χ3n) is 4.44. The van der Waals surface area contributed by atoms with Crippen LogP contribution in [0.5, 0.6) is 0 Å². The van der Waals surface area contributed by atoms with Crippen molar-refractivity contribution in [3.63, 3.8) is 0 Å². The molecule has 2 amide bonds. The zero-order valence-corrected chi connectivity index (χ0v) is 14.5. The maximum atomic E-state index is 12.3. The Bertz CT molecular complexity index is 569. The number of piperazine rings is 1. The number of carbonyl (C=O) groups is 2. The monoisotopic (exact) mass is 332 g/mol. The molecule has 3 rings (SSSR count). The van der Waals surface area contributed by atoms with Crippen LogP contribution < -0.4 is 0 Å². The molecule has 1 saturated heterocycles. The molecule has 124 valence electrons. The van der Waals surface area contributed by atoms with Gasteiger partial charge in [-0.1, -0.05) is 29.8 Å². The minimum absolute atomic E-state index is 0.0531. The molecule has 1 saturated carbocycles. The van der Waals surface area contributed by atoms with Gasteiger partial charge in [0, 0.05) is 19.6 Å². The normalized spacial score (nSPS) is 18.4. The van der Waals surface area contributed by atoms with E-state index in [0.717, 1.165) is 17.2 Å². The molecule has 4 nitrogen and oxygen atoms in total. The molecule has 1 aliphatic carbocycles. The zero-order valence-electron chi connectivity index (χ0n) is 13.7. The minimum atomic E-state index is 0.0531. The van der Waals surface area contributed by atoms with Crippen LogP contribution in [0.15, 0.2) is 24.3 Å². The fourth-order valence-corrected chi connectivity index (χ4v) is 3.83. The van der Waals surface area contributed by atoms with Crippen molar-refractivity contribution in [2.45, 2.75) is 26.3 Å². The Morgan fingerprint density at radius 1 is 1.22 bits per heavy atom. The maximum Gasteiger partial charge on any atom is 0.242 e. The number of thioether (sulfide) groups is 1. The van der Waals surface area contributed by atoms with Gasteiger partial charge >= 0.3 is 0 Å². The molecule has 1 heterocycles. The molecule has 2 aliphatic rings. The lowest BCUT2D eigenvalue weighted by atomic mass is 10.1. The van der Waals surface area contributed by atoms with Crippen LogP contribution in [0.4, 0.5) is 0 Å². The highest BCUT2D eigenvalue weighted by molar-refractivity contribution is 7.99. The number of nitrogens with zero attached hydrogens (tertiary/aromatic N) is 2. The summed E-state index contributed by atoms with van der Waals surface area (Å²) in [6.45, 7) is 4.21. The van der Waals surface area contributed by atoms with Crippen molar-refractivity contribution >= 4 is 23.6 Å². The van der Waals surface area contributed by atoms with Gasteiger partial charge in [-0.15, -0.1) is 0 Å². The highest BCUT2D eigenvalue weighted by Crippen LogP contribution is 2.32. The van der Waals surface area contributed by atoms with Crippen LogP contribution in [0.1, 0.15) is 24.0 Å². The van der Waals surface area contributed by atoms with Gasteiger partial charge in [-0.3, -0.25) is 9.59 Å². The smallest absolute Gasteiger partial charge is 0.242 e. The average Bonchev–Trinajstić information content (AvgIpc) is 3.35. The van der Waals surface area contributed by atoms with E-state index in [1.807, 2.05) is 4.90 Å². The topological polar surface area (TPSA) is 40.6 Å². The van der Waals surface area contributed by atoms with Crippen LogP contribution in [-0.4, -0.2) is 52.8 Å². The molecule has 2 fully saturated rings. The Kier molecular flexibility index (Phi) is 5.26. The Labute approximate surface area is 142 Å². The van der Waals surface area contributed by atoms with Gasteiger partial charge in [0.1, 0.15) is 0 Å². The van der Waals surface area contributed by atoms with Crippen LogP contribution in [0.25, 0.3) is 0 Å². The molecule has 0 N–H and O–H groups in total. The first kappa shape index (κ1) is 16.4. The van der Waals surface area contributed by atoms with Crippen molar-refractivity contribution in [2.24, 2.45) is 5.92 Å². The molecule has 1 aromatic rings. The second-order valence-corrected chi connectivity index (χ2v) is 7.60. The molecule has 23 heavy (non-hydrogen) atoms. The van der Waals surface area contributed by atoms with E-state index in [1.165, 1.54) is 18.4 Å². The van der Waals surface area contributed by atoms with Gasteiger partial charge < -0.3 is 9.80 Å². The van der Waals surface area contributed by atoms with E-state index >= 15 is 0 Å². The molecule has 1 aromatic carbocycles.